The molecule has 0 unspecified atom stereocenters. The quantitative estimate of drug-likeness (QED) is 0.638. The van der Waals surface area contributed by atoms with E-state index in [9.17, 15) is 9.59 Å². The molecule has 0 aromatic heterocycles. The molecule has 0 bridgehead atoms. The molecule has 0 radical (unpaired) electrons. The van der Waals surface area contributed by atoms with Crippen LogP contribution in [-0.4, -0.2) is 36.7 Å². The molecular weight excluding hydrogens is 192 g/mol. The third kappa shape index (κ3) is 4.17. The van der Waals surface area contributed by atoms with E-state index in [0.29, 0.717) is 0 Å². The van der Waals surface area contributed by atoms with Gasteiger partial charge in [0.15, 0.2) is 0 Å². The van der Waals surface area contributed by atoms with E-state index in [1.54, 1.807) is 13.8 Å². The van der Waals surface area contributed by atoms with Gasteiger partial charge in [-0.1, -0.05) is 0 Å². The van der Waals surface area contributed by atoms with Crippen molar-refractivity contribution in [1.82, 2.24) is 0 Å². The Morgan fingerprint density at radius 1 is 1.00 bits per heavy atom. The number of carbonyl (C=O) groups excluding carboxylic acids is 2. The highest BCUT2D eigenvalue weighted by atomic mass is 32.2. The van der Waals surface area contributed by atoms with Gasteiger partial charge >= 0.3 is 11.9 Å². The molecule has 0 heterocycles. The summed E-state index contributed by atoms with van der Waals surface area (Å²) in [6.07, 6.45) is 0. The van der Waals surface area contributed by atoms with E-state index < -0.39 is 0 Å². The molecule has 76 valence electrons. The summed E-state index contributed by atoms with van der Waals surface area (Å²) in [6.45, 7) is 3.38. The lowest BCUT2D eigenvalue weighted by Crippen LogP contribution is -2.23. The van der Waals surface area contributed by atoms with E-state index in [2.05, 4.69) is 9.47 Å². The Kier molecular flexibility index (Phi) is 5.53. The van der Waals surface area contributed by atoms with Gasteiger partial charge in [0, 0.05) is 0 Å². The molecule has 0 N–H and O–H groups in total. The molecule has 0 aromatic carbocycles. The Balaban J connectivity index is 3.98. The van der Waals surface area contributed by atoms with Crippen molar-refractivity contribution in [3.05, 3.63) is 0 Å². The molecule has 0 aliphatic rings. The fourth-order valence-electron chi connectivity index (χ4n) is 0.749. The Morgan fingerprint density at radius 2 is 1.31 bits per heavy atom. The molecule has 13 heavy (non-hydrogen) atoms. The Labute approximate surface area is 82.0 Å². The summed E-state index contributed by atoms with van der Waals surface area (Å²) in [5.41, 5.74) is 0. The normalized spacial score (nSPS) is 14.5. The summed E-state index contributed by atoms with van der Waals surface area (Å²) in [6, 6.07) is 0. The van der Waals surface area contributed by atoms with Gasteiger partial charge in [-0.15, -0.1) is 11.8 Å². The van der Waals surface area contributed by atoms with Crippen LogP contribution in [0.2, 0.25) is 0 Å². The number of methoxy groups -OCH3 is 2. The number of ether oxygens (including phenoxy) is 2. The van der Waals surface area contributed by atoms with E-state index in [1.165, 1.54) is 26.0 Å². The summed E-state index contributed by atoms with van der Waals surface area (Å²) in [7, 11) is 2.64. The number of rotatable bonds is 4. The summed E-state index contributed by atoms with van der Waals surface area (Å²) in [4.78, 5) is 21.9. The van der Waals surface area contributed by atoms with E-state index in [1.807, 2.05) is 0 Å². The zero-order valence-corrected chi connectivity index (χ0v) is 9.01. The van der Waals surface area contributed by atoms with Crippen LogP contribution in [0.3, 0.4) is 0 Å². The van der Waals surface area contributed by atoms with E-state index in [4.69, 9.17) is 0 Å². The van der Waals surface area contributed by atoms with Gasteiger partial charge in [0.2, 0.25) is 0 Å². The second kappa shape index (κ2) is 5.85. The second-order valence-corrected chi connectivity index (χ2v) is 4.15. The number of hydrogen-bond acceptors (Lipinski definition) is 5. The molecule has 0 aliphatic carbocycles. The largest absolute Gasteiger partial charge is 0.468 e. The zero-order valence-electron chi connectivity index (χ0n) is 8.20. The molecule has 0 aromatic rings. The van der Waals surface area contributed by atoms with Gasteiger partial charge in [0.05, 0.1) is 14.2 Å². The molecule has 0 rings (SSSR count). The lowest BCUT2D eigenvalue weighted by molar-refractivity contribution is -0.139. The third-order valence-corrected chi connectivity index (χ3v) is 2.68. The first kappa shape index (κ1) is 12.3. The SMILES string of the molecule is COC(=O)[C@@H](C)S[C@H](C)C(=O)OC. The molecule has 0 spiro atoms. The van der Waals surface area contributed by atoms with Crippen LogP contribution < -0.4 is 0 Å². The zero-order chi connectivity index (χ0) is 10.4. The van der Waals surface area contributed by atoms with Gasteiger partial charge in [-0.25, -0.2) is 0 Å². The molecule has 0 saturated heterocycles. The van der Waals surface area contributed by atoms with Crippen LogP contribution in [0.15, 0.2) is 0 Å². The highest BCUT2D eigenvalue weighted by Crippen LogP contribution is 2.19. The van der Waals surface area contributed by atoms with Crippen molar-refractivity contribution in [2.45, 2.75) is 24.3 Å². The van der Waals surface area contributed by atoms with Gasteiger partial charge < -0.3 is 9.47 Å². The predicted molar refractivity (Wildman–Crippen MR) is 50.5 cm³/mol. The van der Waals surface area contributed by atoms with Gasteiger partial charge in [-0.3, -0.25) is 9.59 Å². The van der Waals surface area contributed by atoms with Crippen LogP contribution in [-0.2, 0) is 19.1 Å². The average Bonchev–Trinajstić information content (AvgIpc) is 2.14. The average molecular weight is 206 g/mol. The van der Waals surface area contributed by atoms with Crippen LogP contribution >= 0.6 is 11.8 Å². The molecule has 0 fully saturated rings. The third-order valence-electron chi connectivity index (χ3n) is 1.47. The van der Waals surface area contributed by atoms with E-state index >= 15 is 0 Å². The maximum Gasteiger partial charge on any atom is 0.318 e. The van der Waals surface area contributed by atoms with Crippen molar-refractivity contribution < 1.29 is 19.1 Å². The Hall–Kier alpha value is -0.710. The number of carbonyl (C=O) groups is 2. The highest BCUT2D eigenvalue weighted by molar-refractivity contribution is 8.01. The lowest BCUT2D eigenvalue weighted by Gasteiger charge is -2.12. The van der Waals surface area contributed by atoms with Crippen molar-refractivity contribution in [2.24, 2.45) is 0 Å². The summed E-state index contributed by atoms with van der Waals surface area (Å²) in [5, 5.41) is -0.696. The Bertz CT molecular complexity index is 173. The summed E-state index contributed by atoms with van der Waals surface area (Å²) >= 11 is 1.22. The van der Waals surface area contributed by atoms with Gasteiger partial charge in [0.1, 0.15) is 10.5 Å². The molecular formula is C8H14O4S. The summed E-state index contributed by atoms with van der Waals surface area (Å²) < 4.78 is 9.03. The number of esters is 2. The monoisotopic (exact) mass is 206 g/mol. The molecule has 4 nitrogen and oxygen atoms in total. The first-order chi connectivity index (χ1) is 6.02. The topological polar surface area (TPSA) is 52.6 Å². The van der Waals surface area contributed by atoms with Gasteiger partial charge in [-0.2, -0.15) is 0 Å². The first-order valence-electron chi connectivity index (χ1n) is 3.84. The minimum Gasteiger partial charge on any atom is -0.468 e. The second-order valence-electron chi connectivity index (χ2n) is 2.47. The smallest absolute Gasteiger partial charge is 0.318 e. The molecule has 2 atom stereocenters. The molecule has 0 aliphatic heterocycles. The number of thioether (sulfide) groups is 1. The molecule has 0 saturated carbocycles. The van der Waals surface area contributed by atoms with Crippen LogP contribution in [0.5, 0.6) is 0 Å². The van der Waals surface area contributed by atoms with Crippen molar-refractivity contribution in [3.8, 4) is 0 Å². The van der Waals surface area contributed by atoms with Crippen molar-refractivity contribution >= 4 is 23.7 Å². The number of hydrogen-bond donors (Lipinski definition) is 0. The molecule has 5 heteroatoms. The Morgan fingerprint density at radius 3 is 1.54 bits per heavy atom. The van der Waals surface area contributed by atoms with Crippen molar-refractivity contribution in [2.75, 3.05) is 14.2 Å². The fraction of sp³-hybridized carbons (Fsp3) is 0.750. The fourth-order valence-corrected chi connectivity index (χ4v) is 1.78. The minimum atomic E-state index is -0.348. The van der Waals surface area contributed by atoms with Gasteiger partial charge in [-0.05, 0) is 13.8 Å². The van der Waals surface area contributed by atoms with Crippen LogP contribution in [0.4, 0.5) is 0 Å². The standard InChI is InChI=1S/C8H14O4S/c1-5(7(9)11-3)13-6(2)8(10)12-4/h5-6H,1-4H3/t5-,6-/m1/s1. The maximum atomic E-state index is 11.0. The van der Waals surface area contributed by atoms with Gasteiger partial charge in [0.25, 0.3) is 0 Å². The van der Waals surface area contributed by atoms with Crippen molar-refractivity contribution in [3.63, 3.8) is 0 Å². The van der Waals surface area contributed by atoms with Crippen LogP contribution in [0.1, 0.15) is 13.8 Å². The lowest BCUT2D eigenvalue weighted by atomic mass is 10.5. The van der Waals surface area contributed by atoms with E-state index in [0.717, 1.165) is 0 Å². The maximum absolute atomic E-state index is 11.0. The van der Waals surface area contributed by atoms with Crippen molar-refractivity contribution in [1.29, 1.82) is 0 Å². The van der Waals surface area contributed by atoms with Crippen LogP contribution in [0.25, 0.3) is 0 Å². The minimum absolute atomic E-state index is 0.333. The molecule has 0 amide bonds. The van der Waals surface area contributed by atoms with Crippen LogP contribution in [0, 0.1) is 0 Å². The van der Waals surface area contributed by atoms with E-state index in [-0.39, 0.29) is 22.4 Å². The summed E-state index contributed by atoms with van der Waals surface area (Å²) in [5.74, 6) is -0.665. The predicted octanol–water partition coefficient (Wildman–Crippen LogP) is 0.843. The highest BCUT2D eigenvalue weighted by Gasteiger charge is 2.22. The first-order valence-corrected chi connectivity index (χ1v) is 4.78.